The lowest BCUT2D eigenvalue weighted by Crippen LogP contribution is -2.15. The quantitative estimate of drug-likeness (QED) is 0.489. The van der Waals surface area contributed by atoms with Crippen LogP contribution in [-0.4, -0.2) is 20.9 Å². The lowest BCUT2D eigenvalue weighted by molar-refractivity contribution is 0.460. The number of hydrogen-bond donors (Lipinski definition) is 3. The summed E-state index contributed by atoms with van der Waals surface area (Å²) in [5.41, 5.74) is 5.64. The molecule has 0 fully saturated rings. The molecule has 5 heteroatoms. The Morgan fingerprint density at radius 3 is 2.79 bits per heavy atom. The van der Waals surface area contributed by atoms with Crippen molar-refractivity contribution in [3.05, 3.63) is 17.7 Å². The fraction of sp³-hybridized carbons (Fsp3) is 0.444. The lowest BCUT2D eigenvalue weighted by atomic mass is 10.2. The molecule has 4 N–H and O–H groups in total. The summed E-state index contributed by atoms with van der Waals surface area (Å²) in [6, 6.07) is 0. The van der Waals surface area contributed by atoms with Crippen molar-refractivity contribution >= 4 is 5.84 Å². The van der Waals surface area contributed by atoms with Crippen LogP contribution in [0.25, 0.3) is 0 Å². The molecule has 0 radical (unpaired) electrons. The molecule has 1 heterocycles. The molecule has 1 rings (SSSR count). The third-order valence-electron chi connectivity index (χ3n) is 1.74. The lowest BCUT2D eigenvalue weighted by Gasteiger charge is -2.07. The summed E-state index contributed by atoms with van der Waals surface area (Å²) in [5.74, 6) is 0.818. The Bertz CT molecular complexity index is 349. The first kappa shape index (κ1) is 10.4. The monoisotopic (exact) mass is 194 g/mol. The molecule has 0 unspecified atom stereocenters. The van der Waals surface area contributed by atoms with E-state index in [2.05, 4.69) is 9.97 Å². The summed E-state index contributed by atoms with van der Waals surface area (Å²) in [6.45, 7) is 3.92. The number of aromatic hydroxyl groups is 1. The van der Waals surface area contributed by atoms with Crippen molar-refractivity contribution in [1.82, 2.24) is 9.97 Å². The number of rotatable bonds is 3. The molecule has 0 aliphatic heterocycles. The Hall–Kier alpha value is -1.65. The van der Waals surface area contributed by atoms with E-state index in [0.717, 1.165) is 0 Å². The van der Waals surface area contributed by atoms with Gasteiger partial charge < -0.3 is 10.8 Å². The molecular weight excluding hydrogens is 180 g/mol. The van der Waals surface area contributed by atoms with Crippen LogP contribution in [0.5, 0.6) is 5.75 Å². The topological polar surface area (TPSA) is 95.9 Å². The second-order valence-corrected chi connectivity index (χ2v) is 3.42. The first-order chi connectivity index (χ1) is 6.50. The summed E-state index contributed by atoms with van der Waals surface area (Å²) in [6.07, 6.45) is 1.51. The summed E-state index contributed by atoms with van der Waals surface area (Å²) >= 11 is 0. The van der Waals surface area contributed by atoms with Crippen LogP contribution in [0.15, 0.2) is 6.20 Å². The van der Waals surface area contributed by atoms with Crippen molar-refractivity contribution in [2.24, 2.45) is 5.73 Å². The van der Waals surface area contributed by atoms with E-state index in [-0.39, 0.29) is 23.9 Å². The van der Waals surface area contributed by atoms with E-state index >= 15 is 0 Å². The number of amidine groups is 1. The van der Waals surface area contributed by atoms with Gasteiger partial charge in [0.15, 0.2) is 5.75 Å². The summed E-state index contributed by atoms with van der Waals surface area (Å²) < 4.78 is 0. The number of nitrogens with two attached hydrogens (primary N) is 1. The fourth-order valence-electron chi connectivity index (χ4n) is 1.01. The van der Waals surface area contributed by atoms with Gasteiger partial charge in [0.1, 0.15) is 5.82 Å². The minimum Gasteiger partial charge on any atom is -0.504 e. The fourth-order valence-corrected chi connectivity index (χ4v) is 1.01. The Kier molecular flexibility index (Phi) is 3.01. The van der Waals surface area contributed by atoms with Gasteiger partial charge in [-0.25, -0.2) is 9.97 Å². The van der Waals surface area contributed by atoms with Crippen LogP contribution in [0.3, 0.4) is 0 Å². The van der Waals surface area contributed by atoms with Gasteiger partial charge in [0, 0.05) is 5.92 Å². The zero-order valence-corrected chi connectivity index (χ0v) is 8.28. The molecule has 0 saturated carbocycles. The zero-order chi connectivity index (χ0) is 10.7. The molecule has 0 aliphatic rings. The molecule has 1 aromatic rings. The highest BCUT2D eigenvalue weighted by Gasteiger charge is 2.09. The predicted octanol–water partition coefficient (Wildman–Crippen LogP) is 0.784. The highest BCUT2D eigenvalue weighted by Crippen LogP contribution is 2.16. The van der Waals surface area contributed by atoms with Crippen LogP contribution in [0, 0.1) is 5.41 Å². The summed E-state index contributed by atoms with van der Waals surface area (Å²) in [4.78, 5) is 8.10. The van der Waals surface area contributed by atoms with Gasteiger partial charge in [-0.3, -0.25) is 5.41 Å². The van der Waals surface area contributed by atoms with E-state index < -0.39 is 0 Å². The normalized spacial score (nSPS) is 10.5. The van der Waals surface area contributed by atoms with Gasteiger partial charge in [-0.1, -0.05) is 13.8 Å². The molecule has 14 heavy (non-hydrogen) atoms. The molecule has 0 aromatic carbocycles. The maximum absolute atomic E-state index is 9.39. The van der Waals surface area contributed by atoms with Gasteiger partial charge in [0.2, 0.25) is 0 Å². The number of nitrogens with zero attached hydrogens (tertiary/aromatic N) is 2. The minimum absolute atomic E-state index is 0.00963. The van der Waals surface area contributed by atoms with Crippen molar-refractivity contribution in [1.29, 1.82) is 5.41 Å². The second kappa shape index (κ2) is 4.04. The van der Waals surface area contributed by atoms with Crippen molar-refractivity contribution in [3.8, 4) is 5.75 Å². The maximum Gasteiger partial charge on any atom is 0.155 e. The average molecular weight is 194 g/mol. The first-order valence-electron chi connectivity index (χ1n) is 4.38. The van der Waals surface area contributed by atoms with Gasteiger partial charge in [-0.2, -0.15) is 0 Å². The van der Waals surface area contributed by atoms with Crippen molar-refractivity contribution in [3.63, 3.8) is 0 Å². The molecule has 76 valence electrons. The number of nitrogens with one attached hydrogen (secondary N) is 1. The van der Waals surface area contributed by atoms with Crippen LogP contribution in [0.2, 0.25) is 0 Å². The van der Waals surface area contributed by atoms with Crippen molar-refractivity contribution < 1.29 is 5.11 Å². The molecule has 1 aromatic heterocycles. The molecular formula is C9H14N4O. The number of hydrogen-bond acceptors (Lipinski definition) is 4. The van der Waals surface area contributed by atoms with Crippen LogP contribution in [0.1, 0.15) is 31.3 Å². The SMILES string of the molecule is CC(C)c1ncc(O)c(CC(=N)N)n1. The Morgan fingerprint density at radius 1 is 1.64 bits per heavy atom. The van der Waals surface area contributed by atoms with Crippen LogP contribution < -0.4 is 5.73 Å². The first-order valence-corrected chi connectivity index (χ1v) is 4.38. The highest BCUT2D eigenvalue weighted by molar-refractivity contribution is 5.79. The van der Waals surface area contributed by atoms with E-state index in [1.54, 1.807) is 0 Å². The molecule has 0 aliphatic carbocycles. The maximum atomic E-state index is 9.39. The summed E-state index contributed by atoms with van der Waals surface area (Å²) in [7, 11) is 0. The molecule has 0 amide bonds. The highest BCUT2D eigenvalue weighted by atomic mass is 16.3. The molecule has 0 saturated heterocycles. The molecule has 0 spiro atoms. The van der Waals surface area contributed by atoms with Crippen LogP contribution >= 0.6 is 0 Å². The van der Waals surface area contributed by atoms with Gasteiger partial charge >= 0.3 is 0 Å². The standard InChI is InChI=1S/C9H14N4O/c1-5(2)9-12-4-7(14)6(13-9)3-8(10)11/h4-5,14H,3H2,1-2H3,(H3,10,11). The molecule has 5 nitrogen and oxygen atoms in total. The molecule has 0 atom stereocenters. The van der Waals surface area contributed by atoms with Crippen molar-refractivity contribution in [2.75, 3.05) is 0 Å². The third kappa shape index (κ3) is 2.42. The molecule has 0 bridgehead atoms. The smallest absolute Gasteiger partial charge is 0.155 e. The van der Waals surface area contributed by atoms with E-state index in [9.17, 15) is 5.11 Å². The third-order valence-corrected chi connectivity index (χ3v) is 1.74. The Morgan fingerprint density at radius 2 is 2.29 bits per heavy atom. The predicted molar refractivity (Wildman–Crippen MR) is 53.4 cm³/mol. The van der Waals surface area contributed by atoms with E-state index in [4.69, 9.17) is 11.1 Å². The Labute approximate surface area is 82.5 Å². The van der Waals surface area contributed by atoms with Gasteiger partial charge in [0.25, 0.3) is 0 Å². The van der Waals surface area contributed by atoms with Crippen molar-refractivity contribution in [2.45, 2.75) is 26.2 Å². The Balaban J connectivity index is 3.02. The largest absolute Gasteiger partial charge is 0.504 e. The van der Waals surface area contributed by atoms with Crippen LogP contribution in [-0.2, 0) is 6.42 Å². The van der Waals surface area contributed by atoms with E-state index in [1.165, 1.54) is 6.20 Å². The zero-order valence-electron chi connectivity index (χ0n) is 8.28. The minimum atomic E-state index is -0.0197. The summed E-state index contributed by atoms with van der Waals surface area (Å²) in [5, 5.41) is 16.5. The van der Waals surface area contributed by atoms with Gasteiger partial charge in [0.05, 0.1) is 24.1 Å². The number of aromatic nitrogens is 2. The van der Waals surface area contributed by atoms with Crippen LogP contribution in [0.4, 0.5) is 0 Å². The van der Waals surface area contributed by atoms with Gasteiger partial charge in [-0.05, 0) is 0 Å². The second-order valence-electron chi connectivity index (χ2n) is 3.42. The van der Waals surface area contributed by atoms with E-state index in [1.807, 2.05) is 13.8 Å². The van der Waals surface area contributed by atoms with Gasteiger partial charge in [-0.15, -0.1) is 0 Å². The average Bonchev–Trinajstić information content (AvgIpc) is 2.07. The van der Waals surface area contributed by atoms with E-state index in [0.29, 0.717) is 11.5 Å².